The zero-order valence-corrected chi connectivity index (χ0v) is 7.75. The average molecular weight is 177 g/mol. The van der Waals surface area contributed by atoms with Gasteiger partial charge in [-0.15, -0.1) is 0 Å². The largest absolute Gasteiger partial charge is 0.464 e. The Labute approximate surface area is 78.3 Å². The molecule has 2 saturated carbocycles. The molecule has 13 heavy (non-hydrogen) atoms. The highest BCUT2D eigenvalue weighted by Crippen LogP contribution is 2.40. The van der Waals surface area contributed by atoms with Crippen molar-refractivity contribution in [2.45, 2.75) is 44.2 Å². The van der Waals surface area contributed by atoms with Crippen molar-refractivity contribution in [1.29, 1.82) is 0 Å². The van der Waals surface area contributed by atoms with E-state index in [1.54, 1.807) is 0 Å². The lowest BCUT2D eigenvalue weighted by Crippen LogP contribution is -2.14. The summed E-state index contributed by atoms with van der Waals surface area (Å²) in [6.07, 6.45) is 5.33. The van der Waals surface area contributed by atoms with Crippen molar-refractivity contribution in [2.75, 3.05) is 0 Å². The molecule has 0 unspecified atom stereocenters. The number of furan rings is 1. The Kier molecular flexibility index (Phi) is 1.69. The molecule has 70 valence electrons. The van der Waals surface area contributed by atoms with Gasteiger partial charge in [-0.2, -0.15) is 0 Å². The van der Waals surface area contributed by atoms with E-state index in [4.69, 9.17) is 4.42 Å². The molecule has 2 aliphatic carbocycles. The summed E-state index contributed by atoms with van der Waals surface area (Å²) < 4.78 is 5.72. The molecule has 0 radical (unpaired) electrons. The van der Waals surface area contributed by atoms with E-state index < -0.39 is 0 Å². The number of rotatable bonds is 4. The standard InChI is InChI=1S/C11H15NO/c1-2-8(1)11-6-5-10(13-11)7-12-9-3-4-9/h5-6,8-9,12H,1-4,7H2. The summed E-state index contributed by atoms with van der Waals surface area (Å²) >= 11 is 0. The Morgan fingerprint density at radius 2 is 2.08 bits per heavy atom. The molecule has 1 N–H and O–H groups in total. The summed E-state index contributed by atoms with van der Waals surface area (Å²) in [5, 5.41) is 3.45. The summed E-state index contributed by atoms with van der Waals surface area (Å²) in [7, 11) is 0. The SMILES string of the molecule is c1cc(C2CC2)oc1CNC1CC1. The van der Waals surface area contributed by atoms with Crippen molar-refractivity contribution >= 4 is 0 Å². The predicted octanol–water partition coefficient (Wildman–Crippen LogP) is 2.41. The lowest BCUT2D eigenvalue weighted by Gasteiger charge is -1.98. The van der Waals surface area contributed by atoms with Crippen LogP contribution in [0.1, 0.15) is 43.1 Å². The van der Waals surface area contributed by atoms with Crippen molar-refractivity contribution in [3.63, 3.8) is 0 Å². The van der Waals surface area contributed by atoms with E-state index in [-0.39, 0.29) is 0 Å². The third-order valence-corrected chi connectivity index (χ3v) is 2.80. The highest BCUT2D eigenvalue weighted by Gasteiger charge is 2.27. The third-order valence-electron chi connectivity index (χ3n) is 2.80. The predicted molar refractivity (Wildman–Crippen MR) is 50.5 cm³/mol. The van der Waals surface area contributed by atoms with Crippen LogP contribution in [0.25, 0.3) is 0 Å². The van der Waals surface area contributed by atoms with Gasteiger partial charge < -0.3 is 9.73 Å². The average Bonchev–Trinajstić information content (AvgIpc) is 3.03. The van der Waals surface area contributed by atoms with Crippen LogP contribution in [-0.4, -0.2) is 6.04 Å². The first-order chi connectivity index (χ1) is 6.42. The number of hydrogen-bond acceptors (Lipinski definition) is 2. The molecule has 2 nitrogen and oxygen atoms in total. The van der Waals surface area contributed by atoms with Crippen molar-refractivity contribution in [3.05, 3.63) is 23.7 Å². The topological polar surface area (TPSA) is 25.2 Å². The molecule has 1 aromatic rings. The van der Waals surface area contributed by atoms with E-state index >= 15 is 0 Å². The van der Waals surface area contributed by atoms with Gasteiger partial charge in [-0.3, -0.25) is 0 Å². The highest BCUT2D eigenvalue weighted by molar-refractivity contribution is 5.15. The van der Waals surface area contributed by atoms with Crippen molar-refractivity contribution < 1.29 is 4.42 Å². The molecular weight excluding hydrogens is 162 g/mol. The molecule has 0 amide bonds. The lowest BCUT2D eigenvalue weighted by molar-refractivity contribution is 0.447. The maximum absolute atomic E-state index is 5.72. The van der Waals surface area contributed by atoms with Gasteiger partial charge >= 0.3 is 0 Å². The summed E-state index contributed by atoms with van der Waals surface area (Å²) in [6, 6.07) is 5.03. The zero-order chi connectivity index (χ0) is 8.67. The van der Waals surface area contributed by atoms with Gasteiger partial charge in [-0.05, 0) is 37.8 Å². The molecule has 0 saturated heterocycles. The van der Waals surface area contributed by atoms with E-state index in [1.165, 1.54) is 31.4 Å². The Morgan fingerprint density at radius 1 is 1.23 bits per heavy atom. The van der Waals surface area contributed by atoms with E-state index in [0.717, 1.165) is 24.3 Å². The van der Waals surface area contributed by atoms with Crippen LogP contribution in [0.15, 0.2) is 16.5 Å². The number of hydrogen-bond donors (Lipinski definition) is 1. The lowest BCUT2D eigenvalue weighted by atomic mass is 10.3. The second-order valence-corrected chi connectivity index (χ2v) is 4.23. The Bertz CT molecular complexity index is 297. The summed E-state index contributed by atoms with van der Waals surface area (Å²) in [5.74, 6) is 3.05. The smallest absolute Gasteiger partial charge is 0.117 e. The Morgan fingerprint density at radius 3 is 2.77 bits per heavy atom. The molecule has 0 atom stereocenters. The Balaban J connectivity index is 1.59. The monoisotopic (exact) mass is 177 g/mol. The summed E-state index contributed by atoms with van der Waals surface area (Å²) in [4.78, 5) is 0. The highest BCUT2D eigenvalue weighted by atomic mass is 16.3. The second kappa shape index (κ2) is 2.88. The minimum atomic E-state index is 0.745. The zero-order valence-electron chi connectivity index (χ0n) is 7.75. The fraction of sp³-hybridized carbons (Fsp3) is 0.636. The quantitative estimate of drug-likeness (QED) is 0.764. The Hall–Kier alpha value is -0.760. The van der Waals surface area contributed by atoms with Crippen LogP contribution >= 0.6 is 0 Å². The van der Waals surface area contributed by atoms with Crippen LogP contribution in [0.2, 0.25) is 0 Å². The van der Waals surface area contributed by atoms with Gasteiger partial charge in [0, 0.05) is 12.0 Å². The fourth-order valence-electron chi connectivity index (χ4n) is 1.61. The molecule has 1 aromatic heterocycles. The van der Waals surface area contributed by atoms with Gasteiger partial charge in [0.05, 0.1) is 6.54 Å². The minimum Gasteiger partial charge on any atom is -0.464 e. The molecule has 0 aliphatic heterocycles. The first kappa shape index (κ1) is 7.63. The van der Waals surface area contributed by atoms with Gasteiger partial charge in [-0.25, -0.2) is 0 Å². The van der Waals surface area contributed by atoms with Gasteiger partial charge in [0.1, 0.15) is 11.5 Å². The van der Waals surface area contributed by atoms with E-state index in [2.05, 4.69) is 17.4 Å². The van der Waals surface area contributed by atoms with Gasteiger partial charge in [0.25, 0.3) is 0 Å². The van der Waals surface area contributed by atoms with Gasteiger partial charge in [0.15, 0.2) is 0 Å². The maximum atomic E-state index is 5.72. The van der Waals surface area contributed by atoms with Gasteiger partial charge in [-0.1, -0.05) is 0 Å². The molecule has 0 spiro atoms. The molecule has 2 heteroatoms. The van der Waals surface area contributed by atoms with Crippen LogP contribution in [0.4, 0.5) is 0 Å². The summed E-state index contributed by atoms with van der Waals surface area (Å²) in [5.41, 5.74) is 0. The fourth-order valence-corrected chi connectivity index (χ4v) is 1.61. The molecule has 1 heterocycles. The molecule has 3 rings (SSSR count). The molecule has 0 bridgehead atoms. The maximum Gasteiger partial charge on any atom is 0.117 e. The molecular formula is C11H15NO. The van der Waals surface area contributed by atoms with E-state index in [9.17, 15) is 0 Å². The van der Waals surface area contributed by atoms with Crippen molar-refractivity contribution in [2.24, 2.45) is 0 Å². The van der Waals surface area contributed by atoms with Gasteiger partial charge in [0.2, 0.25) is 0 Å². The van der Waals surface area contributed by atoms with E-state index in [0.29, 0.717) is 0 Å². The molecule has 2 fully saturated rings. The van der Waals surface area contributed by atoms with Crippen LogP contribution < -0.4 is 5.32 Å². The number of nitrogens with one attached hydrogen (secondary N) is 1. The van der Waals surface area contributed by atoms with Crippen LogP contribution in [-0.2, 0) is 6.54 Å². The summed E-state index contributed by atoms with van der Waals surface area (Å²) in [6.45, 7) is 0.914. The van der Waals surface area contributed by atoms with Crippen LogP contribution in [0.3, 0.4) is 0 Å². The first-order valence-electron chi connectivity index (χ1n) is 5.24. The van der Waals surface area contributed by atoms with Crippen LogP contribution in [0, 0.1) is 0 Å². The second-order valence-electron chi connectivity index (χ2n) is 4.23. The molecule has 2 aliphatic rings. The third kappa shape index (κ3) is 1.78. The minimum absolute atomic E-state index is 0.745. The van der Waals surface area contributed by atoms with Crippen molar-refractivity contribution in [1.82, 2.24) is 5.32 Å². The van der Waals surface area contributed by atoms with Crippen molar-refractivity contribution in [3.8, 4) is 0 Å². The first-order valence-corrected chi connectivity index (χ1v) is 5.24. The molecule has 0 aromatic carbocycles. The van der Waals surface area contributed by atoms with Crippen LogP contribution in [0.5, 0.6) is 0 Å². The van der Waals surface area contributed by atoms with E-state index in [1.807, 2.05) is 0 Å². The normalized spacial score (nSPS) is 22.2.